The highest BCUT2D eigenvalue weighted by molar-refractivity contribution is 5.82. The maximum Gasteiger partial charge on any atom is 0.242 e. The summed E-state index contributed by atoms with van der Waals surface area (Å²) in [7, 11) is 0. The molecule has 0 aliphatic carbocycles. The van der Waals surface area contributed by atoms with Gasteiger partial charge in [0.25, 0.3) is 0 Å². The fourth-order valence-corrected chi connectivity index (χ4v) is 4.45. The lowest BCUT2D eigenvalue weighted by Crippen LogP contribution is -2.39. The number of hydrogen-bond donors (Lipinski definition) is 0. The second-order valence-corrected chi connectivity index (χ2v) is 9.23. The molecule has 1 aliphatic rings. The Hall–Kier alpha value is -2.37. The minimum Gasteiger partial charge on any atom is -0.341 e. The first-order chi connectivity index (χ1) is 14.3. The van der Waals surface area contributed by atoms with Crippen LogP contribution in [0.5, 0.6) is 0 Å². The highest BCUT2D eigenvalue weighted by atomic mass is 16.2. The quantitative estimate of drug-likeness (QED) is 0.651. The molecule has 0 bridgehead atoms. The smallest absolute Gasteiger partial charge is 0.242 e. The van der Waals surface area contributed by atoms with Gasteiger partial charge < -0.3 is 14.4 Å². The van der Waals surface area contributed by atoms with Crippen molar-refractivity contribution >= 4 is 22.8 Å². The zero-order valence-electron chi connectivity index (χ0n) is 19.1. The molecular formula is C24H36N4O2. The van der Waals surface area contributed by atoms with Crippen molar-refractivity contribution in [1.29, 1.82) is 0 Å². The molecule has 0 N–H and O–H groups in total. The molecule has 1 aromatic heterocycles. The first-order valence-electron chi connectivity index (χ1n) is 11.3. The summed E-state index contributed by atoms with van der Waals surface area (Å²) in [5.74, 6) is 1.95. The molecule has 1 unspecified atom stereocenters. The lowest BCUT2D eigenvalue weighted by molar-refractivity contribution is -0.132. The number of carbonyl (C=O) groups is 2. The van der Waals surface area contributed by atoms with Crippen LogP contribution in [-0.2, 0) is 16.1 Å². The molecule has 2 aromatic rings. The zero-order chi connectivity index (χ0) is 21.8. The minimum absolute atomic E-state index is 0.0544. The van der Waals surface area contributed by atoms with E-state index in [1.807, 2.05) is 41.0 Å². The van der Waals surface area contributed by atoms with Gasteiger partial charge in [0.1, 0.15) is 12.4 Å². The number of amides is 2. The van der Waals surface area contributed by atoms with E-state index in [1.165, 1.54) is 0 Å². The van der Waals surface area contributed by atoms with Gasteiger partial charge in [0.2, 0.25) is 11.8 Å². The molecule has 1 aromatic carbocycles. The second kappa shape index (κ2) is 9.63. The maximum absolute atomic E-state index is 13.4. The Morgan fingerprint density at radius 2 is 1.80 bits per heavy atom. The van der Waals surface area contributed by atoms with Gasteiger partial charge in [0, 0.05) is 26.1 Å². The van der Waals surface area contributed by atoms with Crippen LogP contribution < -0.4 is 0 Å². The van der Waals surface area contributed by atoms with Gasteiger partial charge >= 0.3 is 0 Å². The van der Waals surface area contributed by atoms with E-state index in [0.717, 1.165) is 49.3 Å². The molecule has 30 heavy (non-hydrogen) atoms. The molecule has 1 saturated heterocycles. The molecule has 1 aliphatic heterocycles. The van der Waals surface area contributed by atoms with E-state index < -0.39 is 0 Å². The van der Waals surface area contributed by atoms with Crippen molar-refractivity contribution < 1.29 is 9.59 Å². The molecule has 1 fully saturated rings. The van der Waals surface area contributed by atoms with Gasteiger partial charge in [-0.25, -0.2) is 4.98 Å². The summed E-state index contributed by atoms with van der Waals surface area (Å²) in [5, 5.41) is 0. The van der Waals surface area contributed by atoms with Gasteiger partial charge in [-0.15, -0.1) is 0 Å². The normalized spacial score (nSPS) is 16.8. The van der Waals surface area contributed by atoms with E-state index in [4.69, 9.17) is 4.98 Å². The van der Waals surface area contributed by atoms with E-state index in [2.05, 4.69) is 32.3 Å². The Morgan fingerprint density at radius 3 is 2.43 bits per heavy atom. The lowest BCUT2D eigenvalue weighted by Gasteiger charge is -2.28. The molecule has 0 saturated carbocycles. The van der Waals surface area contributed by atoms with Crippen molar-refractivity contribution in [1.82, 2.24) is 19.4 Å². The number of nitrogens with zero attached hydrogens (tertiary/aromatic N) is 4. The number of para-hydroxylation sites is 2. The Kier molecular flexibility index (Phi) is 7.16. The predicted octanol–water partition coefficient (Wildman–Crippen LogP) is 4.25. The van der Waals surface area contributed by atoms with Crippen molar-refractivity contribution in [3.63, 3.8) is 0 Å². The lowest BCUT2D eigenvalue weighted by atomic mass is 10.1. The maximum atomic E-state index is 13.4. The molecular weight excluding hydrogens is 376 g/mol. The Balaban J connectivity index is 1.97. The van der Waals surface area contributed by atoms with Gasteiger partial charge in [-0.3, -0.25) is 9.59 Å². The highest BCUT2D eigenvalue weighted by Gasteiger charge is 2.33. The molecule has 6 heteroatoms. The number of imidazole rings is 1. The number of benzene rings is 1. The first kappa shape index (κ1) is 22.3. The van der Waals surface area contributed by atoms with Crippen LogP contribution in [0.4, 0.5) is 0 Å². The van der Waals surface area contributed by atoms with Crippen LogP contribution in [0.1, 0.15) is 65.7 Å². The van der Waals surface area contributed by atoms with Gasteiger partial charge in [0.05, 0.1) is 17.1 Å². The molecule has 0 spiro atoms. The standard InChI is InChI=1S/C24H36N4O2/c1-6-22(29)27-13-9-12-21(27)24-25-19-10-7-8-11-20(19)28(24)16-23(30)26(14-17(2)3)15-18(4)5/h7-8,10-11,17-18,21H,6,9,12-16H2,1-5H3. The van der Waals surface area contributed by atoms with Crippen molar-refractivity contribution in [3.8, 4) is 0 Å². The molecule has 1 atom stereocenters. The van der Waals surface area contributed by atoms with E-state index >= 15 is 0 Å². The van der Waals surface area contributed by atoms with Crippen molar-refractivity contribution in [2.75, 3.05) is 19.6 Å². The molecule has 2 heterocycles. The second-order valence-electron chi connectivity index (χ2n) is 9.23. The largest absolute Gasteiger partial charge is 0.341 e. The van der Waals surface area contributed by atoms with Crippen molar-refractivity contribution in [3.05, 3.63) is 30.1 Å². The third-order valence-corrected chi connectivity index (χ3v) is 5.67. The first-order valence-corrected chi connectivity index (χ1v) is 11.3. The number of hydrogen-bond acceptors (Lipinski definition) is 3. The minimum atomic E-state index is -0.0544. The topological polar surface area (TPSA) is 58.4 Å². The van der Waals surface area contributed by atoms with Gasteiger partial charge in [0.15, 0.2) is 0 Å². The van der Waals surface area contributed by atoms with E-state index in [0.29, 0.717) is 18.3 Å². The molecule has 0 radical (unpaired) electrons. The zero-order valence-corrected chi connectivity index (χ0v) is 19.1. The summed E-state index contributed by atoms with van der Waals surface area (Å²) >= 11 is 0. The number of carbonyl (C=O) groups excluding carboxylic acids is 2. The fraction of sp³-hybridized carbons (Fsp3) is 0.625. The average Bonchev–Trinajstić information content (AvgIpc) is 3.31. The van der Waals surface area contributed by atoms with Crippen LogP contribution in [0.2, 0.25) is 0 Å². The Bertz CT molecular complexity index is 876. The van der Waals surface area contributed by atoms with Crippen LogP contribution in [0.25, 0.3) is 11.0 Å². The van der Waals surface area contributed by atoms with Gasteiger partial charge in [-0.1, -0.05) is 46.8 Å². The number of rotatable bonds is 8. The number of likely N-dealkylation sites (tertiary alicyclic amines) is 1. The van der Waals surface area contributed by atoms with Crippen LogP contribution in [-0.4, -0.2) is 50.8 Å². The number of fused-ring (bicyclic) bond motifs is 1. The highest BCUT2D eigenvalue weighted by Crippen LogP contribution is 2.34. The van der Waals surface area contributed by atoms with E-state index in [1.54, 1.807) is 0 Å². The molecule has 6 nitrogen and oxygen atoms in total. The van der Waals surface area contributed by atoms with Crippen LogP contribution >= 0.6 is 0 Å². The summed E-state index contributed by atoms with van der Waals surface area (Å²) in [4.78, 5) is 34.7. The van der Waals surface area contributed by atoms with E-state index in [9.17, 15) is 9.59 Å². The summed E-state index contributed by atoms with van der Waals surface area (Å²) in [6.07, 6.45) is 2.36. The Morgan fingerprint density at radius 1 is 1.13 bits per heavy atom. The van der Waals surface area contributed by atoms with Gasteiger partial charge in [-0.05, 0) is 36.8 Å². The molecule has 3 rings (SSSR count). The average molecular weight is 413 g/mol. The number of aromatic nitrogens is 2. The predicted molar refractivity (Wildman–Crippen MR) is 120 cm³/mol. The third-order valence-electron chi connectivity index (χ3n) is 5.67. The summed E-state index contributed by atoms with van der Waals surface area (Å²) in [6.45, 7) is 13.0. The summed E-state index contributed by atoms with van der Waals surface area (Å²) in [5.41, 5.74) is 1.85. The van der Waals surface area contributed by atoms with Crippen LogP contribution in [0, 0.1) is 11.8 Å². The monoisotopic (exact) mass is 412 g/mol. The fourth-order valence-electron chi connectivity index (χ4n) is 4.45. The molecule has 164 valence electrons. The Labute approximate surface area is 180 Å². The SMILES string of the molecule is CCC(=O)N1CCCC1c1nc2ccccc2n1CC(=O)N(CC(C)C)CC(C)C. The van der Waals surface area contributed by atoms with Crippen LogP contribution in [0.15, 0.2) is 24.3 Å². The van der Waals surface area contributed by atoms with Crippen molar-refractivity contribution in [2.45, 2.75) is 66.5 Å². The van der Waals surface area contributed by atoms with Gasteiger partial charge in [-0.2, -0.15) is 0 Å². The summed E-state index contributed by atoms with van der Waals surface area (Å²) < 4.78 is 2.05. The third kappa shape index (κ3) is 4.85. The van der Waals surface area contributed by atoms with Crippen molar-refractivity contribution in [2.24, 2.45) is 11.8 Å². The summed E-state index contributed by atoms with van der Waals surface area (Å²) in [6, 6.07) is 7.91. The van der Waals surface area contributed by atoms with Crippen LogP contribution in [0.3, 0.4) is 0 Å². The molecule has 2 amide bonds. The van der Waals surface area contributed by atoms with E-state index in [-0.39, 0.29) is 24.4 Å².